The van der Waals surface area contributed by atoms with Gasteiger partial charge in [0.25, 0.3) is 0 Å². The first-order valence-corrected chi connectivity index (χ1v) is 12.5. The lowest BCUT2D eigenvalue weighted by Gasteiger charge is -2.58. The fourth-order valence-electron chi connectivity index (χ4n) is 5.66. The molecule has 2 aliphatic heterocycles. The molecule has 2 aromatic rings. The zero-order chi connectivity index (χ0) is 25.2. The Morgan fingerprint density at radius 2 is 1.83 bits per heavy atom. The van der Waals surface area contributed by atoms with Crippen LogP contribution in [-0.2, 0) is 4.79 Å². The van der Waals surface area contributed by atoms with E-state index in [1.54, 1.807) is 4.90 Å². The first-order valence-electron chi connectivity index (χ1n) is 12.5. The van der Waals surface area contributed by atoms with E-state index in [2.05, 4.69) is 17.2 Å². The highest BCUT2D eigenvalue weighted by Crippen LogP contribution is 2.43. The number of hydrogen-bond acceptors (Lipinski definition) is 3. The molecule has 3 fully saturated rings. The molecule has 6 nitrogen and oxygen atoms in total. The number of benzene rings is 2. The largest absolute Gasteiger partial charge is 0.394 e. The van der Waals surface area contributed by atoms with Gasteiger partial charge in [-0.2, -0.15) is 0 Å². The third-order valence-electron chi connectivity index (χ3n) is 7.53. The first kappa shape index (κ1) is 24.3. The van der Waals surface area contributed by atoms with Gasteiger partial charge in [-0.3, -0.25) is 4.79 Å². The Balaban J connectivity index is 1.29. The predicted molar refractivity (Wildman–Crippen MR) is 131 cm³/mol. The van der Waals surface area contributed by atoms with Crippen LogP contribution >= 0.6 is 0 Å². The summed E-state index contributed by atoms with van der Waals surface area (Å²) in [5.74, 6) is 5.25. The minimum atomic E-state index is -0.761. The number of aliphatic hydroxyl groups excluding tert-OH is 1. The number of carbonyl (C=O) groups is 2. The third kappa shape index (κ3) is 4.80. The zero-order valence-corrected chi connectivity index (χ0v) is 19.9. The molecular formula is C28H29F2N3O3. The van der Waals surface area contributed by atoms with Crippen molar-refractivity contribution >= 4 is 17.6 Å². The normalized spacial score (nSPS) is 23.9. The number of fused-ring (bicyclic) bond motifs is 1. The topological polar surface area (TPSA) is 72.9 Å². The highest BCUT2D eigenvalue weighted by Gasteiger charge is 2.54. The summed E-state index contributed by atoms with van der Waals surface area (Å²) in [6, 6.07) is 9.32. The maximum absolute atomic E-state index is 14.0. The summed E-state index contributed by atoms with van der Waals surface area (Å²) in [4.78, 5) is 28.5. The van der Waals surface area contributed by atoms with Crippen LogP contribution in [0.5, 0.6) is 0 Å². The van der Waals surface area contributed by atoms with Gasteiger partial charge in [0, 0.05) is 30.0 Å². The Kier molecular flexibility index (Phi) is 6.92. The lowest BCUT2D eigenvalue weighted by atomic mass is 9.73. The molecule has 0 unspecified atom stereocenters. The molecule has 1 saturated carbocycles. The fraction of sp³-hybridized carbons (Fsp3) is 0.429. The van der Waals surface area contributed by atoms with Gasteiger partial charge in [0.05, 0.1) is 24.4 Å². The third-order valence-corrected chi connectivity index (χ3v) is 7.53. The molecule has 0 radical (unpaired) electrons. The van der Waals surface area contributed by atoms with Gasteiger partial charge in [-0.15, -0.1) is 0 Å². The summed E-state index contributed by atoms with van der Waals surface area (Å²) >= 11 is 0. The lowest BCUT2D eigenvalue weighted by molar-refractivity contribution is -0.159. The van der Waals surface area contributed by atoms with E-state index in [0.29, 0.717) is 5.92 Å². The summed E-state index contributed by atoms with van der Waals surface area (Å²) in [5, 5.41) is 12.4. The van der Waals surface area contributed by atoms with Crippen molar-refractivity contribution < 1.29 is 23.5 Å². The lowest BCUT2D eigenvalue weighted by Crippen LogP contribution is -2.73. The highest BCUT2D eigenvalue weighted by atomic mass is 19.1. The van der Waals surface area contributed by atoms with E-state index in [4.69, 9.17) is 0 Å². The molecule has 0 bridgehead atoms. The van der Waals surface area contributed by atoms with Gasteiger partial charge in [0.2, 0.25) is 5.91 Å². The van der Waals surface area contributed by atoms with E-state index < -0.39 is 17.7 Å². The van der Waals surface area contributed by atoms with E-state index in [-0.39, 0.29) is 49.3 Å². The van der Waals surface area contributed by atoms with Crippen LogP contribution in [0.2, 0.25) is 0 Å². The monoisotopic (exact) mass is 493 g/mol. The van der Waals surface area contributed by atoms with E-state index >= 15 is 0 Å². The minimum Gasteiger partial charge on any atom is -0.394 e. The molecule has 0 aromatic heterocycles. The van der Waals surface area contributed by atoms with Gasteiger partial charge in [-0.25, -0.2) is 13.6 Å². The molecule has 188 valence electrons. The van der Waals surface area contributed by atoms with E-state index in [9.17, 15) is 23.5 Å². The van der Waals surface area contributed by atoms with Crippen molar-refractivity contribution in [2.45, 2.75) is 50.1 Å². The van der Waals surface area contributed by atoms with Gasteiger partial charge >= 0.3 is 6.03 Å². The maximum Gasteiger partial charge on any atom is 0.322 e. The van der Waals surface area contributed by atoms with Crippen LogP contribution in [0.25, 0.3) is 0 Å². The smallest absolute Gasteiger partial charge is 0.322 e. The molecule has 0 spiro atoms. The predicted octanol–water partition coefficient (Wildman–Crippen LogP) is 4.10. The molecule has 2 saturated heterocycles. The Hall–Kier alpha value is -3.44. The van der Waals surface area contributed by atoms with Crippen LogP contribution in [0.4, 0.5) is 19.3 Å². The number of anilines is 1. The second-order valence-corrected chi connectivity index (χ2v) is 9.81. The van der Waals surface area contributed by atoms with Crippen molar-refractivity contribution in [1.82, 2.24) is 9.80 Å². The highest BCUT2D eigenvalue weighted by molar-refractivity contribution is 5.94. The average molecular weight is 494 g/mol. The summed E-state index contributed by atoms with van der Waals surface area (Å²) in [6.07, 6.45) is 6.10. The number of aliphatic hydroxyl groups is 1. The zero-order valence-electron chi connectivity index (χ0n) is 19.9. The average Bonchev–Trinajstić information content (AvgIpc) is 2.87. The quantitative estimate of drug-likeness (QED) is 0.633. The van der Waals surface area contributed by atoms with Gasteiger partial charge in [-0.1, -0.05) is 43.2 Å². The Morgan fingerprint density at radius 3 is 2.56 bits per heavy atom. The van der Waals surface area contributed by atoms with Crippen molar-refractivity contribution in [3.8, 4) is 11.8 Å². The minimum absolute atomic E-state index is 0.152. The number of piperazine rings is 1. The second kappa shape index (κ2) is 10.3. The molecule has 36 heavy (non-hydrogen) atoms. The van der Waals surface area contributed by atoms with Crippen LogP contribution in [0, 0.1) is 29.4 Å². The number of nitrogens with zero attached hydrogens (tertiary/aromatic N) is 2. The number of urea groups is 1. The molecule has 5 rings (SSSR count). The second-order valence-electron chi connectivity index (χ2n) is 9.81. The van der Waals surface area contributed by atoms with Gasteiger partial charge in [0.15, 0.2) is 0 Å². The Bertz CT molecular complexity index is 1200. The van der Waals surface area contributed by atoms with Crippen LogP contribution < -0.4 is 5.32 Å². The molecule has 2 N–H and O–H groups in total. The van der Waals surface area contributed by atoms with Gasteiger partial charge in [-0.05, 0) is 42.7 Å². The number of carbonyl (C=O) groups excluding carboxylic acids is 2. The van der Waals surface area contributed by atoms with Gasteiger partial charge in [0.1, 0.15) is 18.2 Å². The SMILES string of the molecule is O=C(Nc1cc(F)ccc1F)N1CC(=O)N2[C@H](CO)[C@@H](c3ccc(C#CC4CCCCC4)cc3)[C@H]2C1. The molecule has 3 amide bonds. The first-order chi connectivity index (χ1) is 17.4. The maximum atomic E-state index is 14.0. The summed E-state index contributed by atoms with van der Waals surface area (Å²) in [6.45, 7) is -0.159. The van der Waals surface area contributed by atoms with E-state index in [1.807, 2.05) is 24.3 Å². The molecule has 3 aliphatic rings. The van der Waals surface area contributed by atoms with E-state index in [1.165, 1.54) is 24.2 Å². The van der Waals surface area contributed by atoms with Crippen LogP contribution in [0.3, 0.4) is 0 Å². The summed E-state index contributed by atoms with van der Waals surface area (Å²) < 4.78 is 27.5. The molecule has 3 atom stereocenters. The Labute approximate surface area is 209 Å². The van der Waals surface area contributed by atoms with Crippen LogP contribution in [-0.4, -0.2) is 58.6 Å². The Morgan fingerprint density at radius 1 is 1.08 bits per heavy atom. The van der Waals surface area contributed by atoms with Crippen molar-refractivity contribution in [2.24, 2.45) is 5.92 Å². The number of amides is 3. The molecule has 1 aliphatic carbocycles. The fourth-order valence-corrected chi connectivity index (χ4v) is 5.66. The molecule has 2 aromatic carbocycles. The van der Waals surface area contributed by atoms with Crippen LogP contribution in [0.15, 0.2) is 42.5 Å². The van der Waals surface area contributed by atoms with Crippen LogP contribution in [0.1, 0.15) is 49.1 Å². The van der Waals surface area contributed by atoms with Crippen molar-refractivity contribution in [3.63, 3.8) is 0 Å². The number of hydrogen-bond donors (Lipinski definition) is 2. The standard InChI is InChI=1S/C28H29F2N3O3/c29-21-12-13-22(30)23(14-21)31-28(36)32-15-24-27(25(17-34)33(24)26(35)16-32)20-10-8-19(9-11-20)7-6-18-4-2-1-3-5-18/h8-14,18,24-25,27,34H,1-5,15-17H2,(H,31,36)/t24-,25-,27+/m1/s1. The van der Waals surface area contributed by atoms with E-state index in [0.717, 1.165) is 42.2 Å². The molecular weight excluding hydrogens is 464 g/mol. The van der Waals surface area contributed by atoms with Crippen molar-refractivity contribution in [2.75, 3.05) is 25.0 Å². The summed E-state index contributed by atoms with van der Waals surface area (Å²) in [5.41, 5.74) is 1.61. The van der Waals surface area contributed by atoms with Crippen molar-refractivity contribution in [3.05, 3.63) is 65.2 Å². The molecule has 8 heteroatoms. The summed E-state index contributed by atoms with van der Waals surface area (Å²) in [7, 11) is 0. The molecule has 2 heterocycles. The number of nitrogens with one attached hydrogen (secondary N) is 1. The van der Waals surface area contributed by atoms with Gasteiger partial charge < -0.3 is 20.2 Å². The number of halogens is 2. The number of rotatable bonds is 3. The van der Waals surface area contributed by atoms with Crippen molar-refractivity contribution in [1.29, 1.82) is 0 Å².